The average Bonchev–Trinajstić information content (AvgIpc) is 0.750. The zero-order valence-electron chi connectivity index (χ0n) is 51.2. The Balaban J connectivity index is 0.000000163. The first-order valence-electron chi connectivity index (χ1n) is 29.3. The molecule has 1 heterocycles. The molecular formula is C78H67Br2N2O6P2S+. The molecule has 12 aromatic rings. The molecule has 0 saturated heterocycles. The molecule has 8 nitrogen and oxygen atoms in total. The first-order valence-corrected chi connectivity index (χ1v) is 34.0. The standard InChI is InChI=1S/C37H26BrNO.C22H17NO.C15H11BrO.C4H10O3.H2P2S/c38-30-19-17-29(18-20-30)37(28-10-4-1-5-11-28)25-24-35-34-22-21-33(26-27(34)16-23-36(35)40-37)39(31-12-6-2-7-13-31)32-14-8-3-9-15-32;24-22-14-12-17-15-21(13-11-18(17)16-22)23(19-7-3-1-4-8-19)20-9-5-2-6-10-20;1-2-15(17,12-6-4-3-5-7-12)13-8-10-14(16)11-9-13;1-5-4(6-2)7-3;1-2-3/h1-26H;1-16,24H;1,3-11,17H;4H,1-3H3;1H2/p+1/i/hT. The van der Waals surface area contributed by atoms with E-state index in [1.165, 1.54) is 21.3 Å². The number of phenolic OH excluding ortho intramolecular Hbond substituents is 1. The molecule has 0 spiro atoms. The minimum absolute atomic E-state index is 0.290. The van der Waals surface area contributed by atoms with Crippen molar-refractivity contribution < 1.29 is 29.2 Å². The highest BCUT2D eigenvalue weighted by Crippen LogP contribution is 2.46. The number of phenols is 1. The number of hydrogen-bond donors (Lipinski definition) is 2. The summed E-state index contributed by atoms with van der Waals surface area (Å²) in [5.74, 6) is 3.63. The third-order valence-electron chi connectivity index (χ3n) is 14.9. The first-order chi connectivity index (χ1) is 44.8. The van der Waals surface area contributed by atoms with Crippen LogP contribution in [0.15, 0.2) is 312 Å². The van der Waals surface area contributed by atoms with E-state index in [1.807, 2.05) is 109 Å². The van der Waals surface area contributed by atoms with Crippen molar-refractivity contribution in [2.45, 2.75) is 17.7 Å². The quantitative estimate of drug-likeness (QED) is 0.0666. The summed E-state index contributed by atoms with van der Waals surface area (Å²) in [6.45, 7) is -1.38. The van der Waals surface area contributed by atoms with Crippen LogP contribution in [-0.4, -0.2) is 39.3 Å². The molecule has 91 heavy (non-hydrogen) atoms. The van der Waals surface area contributed by atoms with Crippen LogP contribution in [0.2, 0.25) is 0 Å². The molecule has 454 valence electrons. The van der Waals surface area contributed by atoms with Crippen LogP contribution in [0.4, 0.5) is 34.1 Å². The van der Waals surface area contributed by atoms with Gasteiger partial charge in [0.15, 0.2) is 30.0 Å². The number of fused-ring (bicyclic) bond motifs is 4. The predicted molar refractivity (Wildman–Crippen MR) is 393 cm³/mol. The highest BCUT2D eigenvalue weighted by atomic mass is 79.9. The Morgan fingerprint density at radius 1 is 0.516 bits per heavy atom. The van der Waals surface area contributed by atoms with Crippen LogP contribution in [0.3, 0.4) is 0 Å². The van der Waals surface area contributed by atoms with Gasteiger partial charge in [0.05, 0.1) is 8.93 Å². The van der Waals surface area contributed by atoms with Crippen molar-refractivity contribution in [3.63, 3.8) is 0 Å². The molecule has 13 rings (SSSR count). The molecular weight excluding hydrogens is 1310 g/mol. The van der Waals surface area contributed by atoms with E-state index in [1.54, 1.807) is 12.1 Å². The van der Waals surface area contributed by atoms with E-state index in [0.29, 0.717) is 16.9 Å². The number of para-hydroxylation sites is 4. The summed E-state index contributed by atoms with van der Waals surface area (Å²) in [7, 11) is 6.74. The molecule has 4 atom stereocenters. The van der Waals surface area contributed by atoms with E-state index in [0.717, 1.165) is 87.1 Å². The topological polar surface area (TPSA) is 83.9 Å². The molecule has 12 aromatic carbocycles. The smallest absolute Gasteiger partial charge is 0.355 e. The van der Waals surface area contributed by atoms with Crippen molar-refractivity contribution in [1.29, 1.82) is 1.28 Å². The second-order valence-corrected chi connectivity index (χ2v) is 25.1. The second kappa shape index (κ2) is 32.9. The number of rotatable bonds is 13. The molecule has 1 aliphatic heterocycles. The van der Waals surface area contributed by atoms with Gasteiger partial charge in [-0.05, 0) is 149 Å². The summed E-state index contributed by atoms with van der Waals surface area (Å²) in [6, 6.07) is 99.8. The maximum absolute atomic E-state index is 10.6. The van der Waals surface area contributed by atoms with Crippen LogP contribution in [-0.2, 0) is 37.2 Å². The third-order valence-corrected chi connectivity index (χ3v) is 15.9. The van der Waals surface area contributed by atoms with Gasteiger partial charge in [0.1, 0.15) is 11.5 Å². The van der Waals surface area contributed by atoms with Gasteiger partial charge >= 0.3 is 1.28 Å². The number of aliphatic hydroxyl groups is 1. The van der Waals surface area contributed by atoms with Gasteiger partial charge < -0.3 is 39.0 Å². The fourth-order valence-electron chi connectivity index (χ4n) is 10.5. The Morgan fingerprint density at radius 3 is 1.36 bits per heavy atom. The van der Waals surface area contributed by atoms with Gasteiger partial charge in [0.2, 0.25) is 0 Å². The molecule has 0 aliphatic carbocycles. The molecule has 0 radical (unpaired) electrons. The number of hydrogen-bond acceptors (Lipinski definition) is 9. The van der Waals surface area contributed by atoms with Crippen LogP contribution in [0.25, 0.3) is 27.6 Å². The molecule has 0 amide bonds. The maximum Gasteiger partial charge on any atom is 0.355 e. The van der Waals surface area contributed by atoms with Crippen LogP contribution < -0.4 is 14.5 Å². The third kappa shape index (κ3) is 16.7. The molecule has 0 fully saturated rings. The van der Waals surface area contributed by atoms with Crippen molar-refractivity contribution in [2.75, 3.05) is 31.1 Å². The lowest BCUT2D eigenvalue weighted by Crippen LogP contribution is -2.34. The first kappa shape index (κ1) is 65.4. The van der Waals surface area contributed by atoms with Gasteiger partial charge in [-0.1, -0.05) is 220 Å². The number of methoxy groups -OCH3 is 3. The maximum atomic E-state index is 10.6. The Hall–Kier alpha value is -8.59. The molecule has 0 saturated carbocycles. The largest absolute Gasteiger partial charge is 0.508 e. The van der Waals surface area contributed by atoms with Gasteiger partial charge in [0, 0.05) is 92.2 Å². The highest BCUT2D eigenvalue weighted by molar-refractivity contribution is 9.10. The van der Waals surface area contributed by atoms with E-state index in [-0.39, 0.29) is 0 Å². The van der Waals surface area contributed by atoms with E-state index >= 15 is 0 Å². The van der Waals surface area contributed by atoms with E-state index in [2.05, 4.69) is 271 Å². The molecule has 0 aromatic heterocycles. The average molecular weight is 1380 g/mol. The lowest BCUT2D eigenvalue weighted by molar-refractivity contribution is -0.252. The lowest BCUT2D eigenvalue weighted by Gasteiger charge is -2.36. The van der Waals surface area contributed by atoms with Crippen molar-refractivity contribution >= 4 is 121 Å². The Bertz CT molecular complexity index is 4300. The summed E-state index contributed by atoms with van der Waals surface area (Å²) in [5.41, 5.74) is 9.25. The van der Waals surface area contributed by atoms with E-state index in [4.69, 9.17) is 12.4 Å². The molecule has 2 N–H and O–H groups in total. The SMILES string of the molecule is Brc1ccc(C2(c3ccccc3)C=Cc3c(ccc4cc(N(c5ccccc5)c5ccccc5)ccc34)O2)cc1.C#CC(O)(c1ccccc1)c1ccc(Br)cc1.COC(OC)OC.Oc1ccc2cc(N(c3ccccc3)c3ccccc3)ccc2c1.[3H][P+](P)=S. The lowest BCUT2D eigenvalue weighted by atomic mass is 9.83. The van der Waals surface area contributed by atoms with Gasteiger partial charge in [0.25, 0.3) is 6.48 Å². The summed E-state index contributed by atoms with van der Waals surface area (Å²) >= 11 is 11.3. The van der Waals surface area contributed by atoms with Gasteiger partial charge in [-0.2, -0.15) is 0 Å². The monoisotopic (exact) mass is 1380 g/mol. The van der Waals surface area contributed by atoms with Gasteiger partial charge in [-0.3, -0.25) is 0 Å². The van der Waals surface area contributed by atoms with Crippen molar-refractivity contribution in [2.24, 2.45) is 0 Å². The van der Waals surface area contributed by atoms with E-state index < -0.39 is 24.7 Å². The fraction of sp³-hybridized carbons (Fsp3) is 0.0769. The molecule has 4 unspecified atom stereocenters. The van der Waals surface area contributed by atoms with Crippen molar-refractivity contribution in [1.82, 2.24) is 0 Å². The fourth-order valence-corrected chi connectivity index (χ4v) is 11.1. The van der Waals surface area contributed by atoms with E-state index in [9.17, 15) is 10.2 Å². The minimum Gasteiger partial charge on any atom is -0.508 e. The Kier molecular flexibility index (Phi) is 23.7. The molecule has 13 heteroatoms. The normalized spacial score (nSPS) is 13.6. The van der Waals surface area contributed by atoms with Gasteiger partial charge in [-0.15, -0.1) is 6.42 Å². The van der Waals surface area contributed by atoms with Crippen molar-refractivity contribution in [3.8, 4) is 23.8 Å². The Morgan fingerprint density at radius 2 is 0.901 bits per heavy atom. The van der Waals surface area contributed by atoms with Crippen molar-refractivity contribution in [3.05, 3.63) is 340 Å². The summed E-state index contributed by atoms with van der Waals surface area (Å²) < 4.78 is 29.2. The summed E-state index contributed by atoms with van der Waals surface area (Å²) in [6.07, 6.45) is 9.92. The summed E-state index contributed by atoms with van der Waals surface area (Å²) in [5, 5.41) is 24.7. The highest BCUT2D eigenvalue weighted by Gasteiger charge is 2.37. The summed E-state index contributed by atoms with van der Waals surface area (Å²) in [4.78, 5) is 4.52. The van der Waals surface area contributed by atoms with Crippen LogP contribution >= 0.6 is 47.8 Å². The zero-order valence-corrected chi connectivity index (χ0v) is 56.2. The zero-order chi connectivity index (χ0) is 64.9. The molecule has 1 aliphatic rings. The number of terminal acetylenes is 1. The Labute approximate surface area is 560 Å². The number of aromatic hydroxyl groups is 1. The minimum atomic E-state index is -1.37. The molecule has 0 bridgehead atoms. The van der Waals surface area contributed by atoms with Crippen LogP contribution in [0.5, 0.6) is 11.5 Å². The number of ether oxygens (including phenoxy) is 4. The van der Waals surface area contributed by atoms with Gasteiger partial charge in [-0.25, -0.2) is 0 Å². The number of anilines is 6. The number of benzene rings is 12. The second-order valence-electron chi connectivity index (χ2n) is 20.5. The van der Waals surface area contributed by atoms with Crippen LogP contribution in [0.1, 0.15) is 27.8 Å². The number of nitrogens with zero attached hydrogens (tertiary/aromatic N) is 2. The van der Waals surface area contributed by atoms with Crippen LogP contribution in [0, 0.1) is 12.3 Å². The number of halogens is 2. The predicted octanol–water partition coefficient (Wildman–Crippen LogP) is 20.9.